The highest BCUT2D eigenvalue weighted by Crippen LogP contribution is 2.29. The Hall–Kier alpha value is -0.0400. The van der Waals surface area contributed by atoms with Crippen molar-refractivity contribution >= 4 is 0 Å². The Morgan fingerprint density at radius 2 is 1.81 bits per heavy atom. The van der Waals surface area contributed by atoms with E-state index in [9.17, 15) is 0 Å². The number of hydrogen-bond donors (Lipinski definition) is 1. The fraction of sp³-hybridized carbons (Fsp3) is 1.00. The minimum absolute atomic E-state index is 0.855. The molecule has 16 heavy (non-hydrogen) atoms. The van der Waals surface area contributed by atoms with Gasteiger partial charge >= 0.3 is 0 Å². The van der Waals surface area contributed by atoms with Crippen molar-refractivity contribution in [1.82, 2.24) is 5.32 Å². The van der Waals surface area contributed by atoms with Gasteiger partial charge in [0.25, 0.3) is 0 Å². The molecule has 1 aliphatic heterocycles. The predicted molar refractivity (Wildman–Crippen MR) is 70.6 cm³/mol. The van der Waals surface area contributed by atoms with Crippen LogP contribution in [0.1, 0.15) is 71.1 Å². The van der Waals surface area contributed by atoms with Gasteiger partial charge in [0, 0.05) is 6.04 Å². The van der Waals surface area contributed by atoms with Gasteiger partial charge in [-0.15, -0.1) is 0 Å². The minimum atomic E-state index is 0.855. The first-order chi connectivity index (χ1) is 7.90. The van der Waals surface area contributed by atoms with E-state index in [1.807, 2.05) is 0 Å². The highest BCUT2D eigenvalue weighted by Gasteiger charge is 2.24. The number of hydrogen-bond acceptors (Lipinski definition) is 1. The van der Waals surface area contributed by atoms with E-state index in [-0.39, 0.29) is 0 Å². The molecule has 1 heterocycles. The van der Waals surface area contributed by atoms with Crippen LogP contribution in [0.5, 0.6) is 0 Å². The predicted octanol–water partition coefficient (Wildman–Crippen LogP) is 4.13. The van der Waals surface area contributed by atoms with Crippen molar-refractivity contribution in [3.63, 3.8) is 0 Å². The first-order valence-electron chi connectivity index (χ1n) is 7.63. The summed E-state index contributed by atoms with van der Waals surface area (Å²) in [6, 6.07) is 0.855. The highest BCUT2D eigenvalue weighted by atomic mass is 14.9. The molecule has 1 saturated carbocycles. The van der Waals surface area contributed by atoms with Gasteiger partial charge < -0.3 is 5.32 Å². The van der Waals surface area contributed by atoms with E-state index in [2.05, 4.69) is 12.2 Å². The smallest absolute Gasteiger partial charge is 0.00957 e. The van der Waals surface area contributed by atoms with E-state index in [1.54, 1.807) is 0 Å². The van der Waals surface area contributed by atoms with Gasteiger partial charge in [0.2, 0.25) is 0 Å². The lowest BCUT2D eigenvalue weighted by Gasteiger charge is -2.23. The van der Waals surface area contributed by atoms with Crippen LogP contribution in [0.2, 0.25) is 0 Å². The Kier molecular flexibility index (Phi) is 5.15. The fourth-order valence-electron chi connectivity index (χ4n) is 3.75. The summed E-state index contributed by atoms with van der Waals surface area (Å²) >= 11 is 0. The van der Waals surface area contributed by atoms with Gasteiger partial charge in [0.05, 0.1) is 0 Å². The molecule has 0 aromatic heterocycles. The molecule has 1 aliphatic carbocycles. The molecule has 1 nitrogen and oxygen atoms in total. The van der Waals surface area contributed by atoms with E-state index in [4.69, 9.17) is 0 Å². The summed E-state index contributed by atoms with van der Waals surface area (Å²) in [7, 11) is 0. The van der Waals surface area contributed by atoms with Crippen LogP contribution in [0.4, 0.5) is 0 Å². The zero-order chi connectivity index (χ0) is 11.2. The summed E-state index contributed by atoms with van der Waals surface area (Å²) < 4.78 is 0. The lowest BCUT2D eigenvalue weighted by atomic mass is 9.84. The molecule has 0 bridgehead atoms. The molecule has 2 unspecified atom stereocenters. The Bertz CT molecular complexity index is 184. The lowest BCUT2D eigenvalue weighted by molar-refractivity contribution is 0.314. The minimum Gasteiger partial charge on any atom is -0.314 e. The van der Waals surface area contributed by atoms with Gasteiger partial charge in [-0.1, -0.05) is 58.3 Å². The third-order valence-corrected chi connectivity index (χ3v) is 4.87. The third-order valence-electron chi connectivity index (χ3n) is 4.87. The van der Waals surface area contributed by atoms with Crippen LogP contribution in [0, 0.1) is 11.8 Å². The summed E-state index contributed by atoms with van der Waals surface area (Å²) in [5.41, 5.74) is 0. The lowest BCUT2D eigenvalue weighted by Crippen LogP contribution is -2.26. The van der Waals surface area contributed by atoms with Gasteiger partial charge in [-0.05, 0) is 31.2 Å². The summed E-state index contributed by atoms with van der Waals surface area (Å²) in [4.78, 5) is 0. The molecule has 0 amide bonds. The molecule has 1 heteroatoms. The van der Waals surface area contributed by atoms with E-state index >= 15 is 0 Å². The first-order valence-corrected chi connectivity index (χ1v) is 7.63. The molecule has 2 fully saturated rings. The third kappa shape index (κ3) is 3.48. The Morgan fingerprint density at radius 1 is 1.00 bits per heavy atom. The topological polar surface area (TPSA) is 12.0 Å². The van der Waals surface area contributed by atoms with E-state index < -0.39 is 0 Å². The van der Waals surface area contributed by atoms with Crippen molar-refractivity contribution in [1.29, 1.82) is 0 Å². The molecule has 2 rings (SSSR count). The Labute approximate surface area is 101 Å². The molecule has 2 aliphatic rings. The molecular weight excluding hydrogens is 194 g/mol. The second kappa shape index (κ2) is 6.64. The maximum atomic E-state index is 3.70. The maximum Gasteiger partial charge on any atom is 0.00957 e. The standard InChI is InChI=1S/C15H29N/c1-2-14-11-12-16-15(14)10-6-9-13-7-4-3-5-8-13/h13-16H,2-12H2,1H3. The number of nitrogens with one attached hydrogen (secondary N) is 1. The SMILES string of the molecule is CCC1CCNC1CCCC1CCCCC1. The average molecular weight is 223 g/mol. The van der Waals surface area contributed by atoms with Gasteiger partial charge in [-0.2, -0.15) is 0 Å². The Balaban J connectivity index is 1.59. The second-order valence-electron chi connectivity index (χ2n) is 5.95. The summed E-state index contributed by atoms with van der Waals surface area (Å²) in [5.74, 6) is 2.06. The van der Waals surface area contributed by atoms with E-state index in [1.165, 1.54) is 70.8 Å². The van der Waals surface area contributed by atoms with Gasteiger partial charge in [0.1, 0.15) is 0 Å². The van der Waals surface area contributed by atoms with E-state index in [0.717, 1.165) is 17.9 Å². The zero-order valence-electron chi connectivity index (χ0n) is 11.0. The molecular formula is C15H29N. The van der Waals surface area contributed by atoms with Crippen LogP contribution in [0.25, 0.3) is 0 Å². The summed E-state index contributed by atoms with van der Waals surface area (Å²) in [5, 5.41) is 3.70. The maximum absolute atomic E-state index is 3.70. The first kappa shape index (κ1) is 12.4. The molecule has 0 spiro atoms. The average Bonchev–Trinajstić information content (AvgIpc) is 2.78. The van der Waals surface area contributed by atoms with Crippen LogP contribution in [0.15, 0.2) is 0 Å². The van der Waals surface area contributed by atoms with Crippen LogP contribution in [-0.4, -0.2) is 12.6 Å². The Morgan fingerprint density at radius 3 is 2.56 bits per heavy atom. The molecule has 0 radical (unpaired) electrons. The molecule has 0 aromatic carbocycles. The molecule has 0 aromatic rings. The van der Waals surface area contributed by atoms with Crippen molar-refractivity contribution in [3.05, 3.63) is 0 Å². The van der Waals surface area contributed by atoms with Crippen LogP contribution in [-0.2, 0) is 0 Å². The monoisotopic (exact) mass is 223 g/mol. The molecule has 1 N–H and O–H groups in total. The summed E-state index contributed by atoms with van der Waals surface area (Å²) in [6.45, 7) is 3.62. The normalized spacial score (nSPS) is 32.1. The van der Waals surface area contributed by atoms with Crippen molar-refractivity contribution in [3.8, 4) is 0 Å². The highest BCUT2D eigenvalue weighted by molar-refractivity contribution is 4.82. The van der Waals surface area contributed by atoms with Crippen LogP contribution < -0.4 is 5.32 Å². The largest absolute Gasteiger partial charge is 0.314 e. The summed E-state index contributed by atoms with van der Waals surface area (Å²) in [6.07, 6.45) is 14.8. The van der Waals surface area contributed by atoms with Crippen molar-refractivity contribution in [2.75, 3.05) is 6.54 Å². The fourth-order valence-corrected chi connectivity index (χ4v) is 3.75. The van der Waals surface area contributed by atoms with Gasteiger partial charge in [-0.3, -0.25) is 0 Å². The molecule has 1 saturated heterocycles. The van der Waals surface area contributed by atoms with Crippen molar-refractivity contribution in [2.24, 2.45) is 11.8 Å². The van der Waals surface area contributed by atoms with E-state index in [0.29, 0.717) is 0 Å². The molecule has 94 valence electrons. The van der Waals surface area contributed by atoms with Gasteiger partial charge in [0.15, 0.2) is 0 Å². The van der Waals surface area contributed by atoms with Crippen molar-refractivity contribution < 1.29 is 0 Å². The van der Waals surface area contributed by atoms with Crippen LogP contribution in [0.3, 0.4) is 0 Å². The van der Waals surface area contributed by atoms with Crippen molar-refractivity contribution in [2.45, 2.75) is 77.2 Å². The van der Waals surface area contributed by atoms with Crippen LogP contribution >= 0.6 is 0 Å². The second-order valence-corrected chi connectivity index (χ2v) is 5.95. The van der Waals surface area contributed by atoms with Gasteiger partial charge in [-0.25, -0.2) is 0 Å². The quantitative estimate of drug-likeness (QED) is 0.739. The zero-order valence-corrected chi connectivity index (χ0v) is 11.0. The number of rotatable bonds is 5. The molecule has 2 atom stereocenters.